The molecule has 0 bridgehead atoms. The number of carbonyl (C=O) groups is 1. The summed E-state index contributed by atoms with van der Waals surface area (Å²) in [5.41, 5.74) is 0.935. The first-order chi connectivity index (χ1) is 8.25. The van der Waals surface area contributed by atoms with Crippen molar-refractivity contribution in [3.05, 3.63) is 23.8 Å². The van der Waals surface area contributed by atoms with Gasteiger partial charge in [-0.1, -0.05) is 13.0 Å². The van der Waals surface area contributed by atoms with E-state index in [1.165, 1.54) is 6.07 Å². The molecule has 0 aliphatic carbocycles. The average Bonchev–Trinajstić information content (AvgIpc) is 2.25. The van der Waals surface area contributed by atoms with Gasteiger partial charge in [0.15, 0.2) is 0 Å². The zero-order valence-corrected chi connectivity index (χ0v) is 11.0. The van der Waals surface area contributed by atoms with Crippen LogP contribution < -0.4 is 10.5 Å². The van der Waals surface area contributed by atoms with Crippen molar-refractivity contribution in [2.24, 2.45) is 5.14 Å². The molecule has 0 saturated heterocycles. The molecule has 0 aliphatic heterocycles. The highest BCUT2D eigenvalue weighted by Gasteiger charge is 2.17. The summed E-state index contributed by atoms with van der Waals surface area (Å²) >= 11 is 0. The number of hydrogen-bond donors (Lipinski definition) is 3. The van der Waals surface area contributed by atoms with Crippen molar-refractivity contribution < 1.29 is 18.3 Å². The molecule has 4 N–H and O–H groups in total. The summed E-state index contributed by atoms with van der Waals surface area (Å²) in [6, 6.07) is 3.78. The Morgan fingerprint density at radius 2 is 2.11 bits per heavy atom. The minimum absolute atomic E-state index is 0.00672. The van der Waals surface area contributed by atoms with E-state index in [-0.39, 0.29) is 4.90 Å². The predicted octanol–water partition coefficient (Wildman–Crippen LogP) is 0.918. The van der Waals surface area contributed by atoms with E-state index in [4.69, 9.17) is 10.2 Å². The Kier molecular flexibility index (Phi) is 4.31. The lowest BCUT2D eigenvalue weighted by molar-refractivity contribution is -0.137. The van der Waals surface area contributed by atoms with Gasteiger partial charge in [0.25, 0.3) is 0 Å². The molecule has 6 nitrogen and oxygen atoms in total. The van der Waals surface area contributed by atoms with Gasteiger partial charge in [0.05, 0.1) is 4.90 Å². The van der Waals surface area contributed by atoms with Crippen molar-refractivity contribution in [2.45, 2.75) is 31.2 Å². The van der Waals surface area contributed by atoms with E-state index in [1.807, 2.05) is 0 Å². The highest BCUT2D eigenvalue weighted by Crippen LogP contribution is 2.20. The summed E-state index contributed by atoms with van der Waals surface area (Å²) in [5, 5.41) is 16.7. The van der Waals surface area contributed by atoms with Crippen LogP contribution in [0.25, 0.3) is 0 Å². The Balaban J connectivity index is 3.10. The van der Waals surface area contributed by atoms with Crippen molar-refractivity contribution in [1.29, 1.82) is 0 Å². The number of sulfonamides is 1. The lowest BCUT2D eigenvalue weighted by atomic mass is 10.2. The van der Waals surface area contributed by atoms with Crippen LogP contribution in [0.2, 0.25) is 0 Å². The molecular weight excluding hydrogens is 256 g/mol. The van der Waals surface area contributed by atoms with Crippen LogP contribution in [0.1, 0.15) is 18.9 Å². The molecule has 0 spiro atoms. The van der Waals surface area contributed by atoms with Gasteiger partial charge in [-0.05, 0) is 31.0 Å². The Bertz CT molecular complexity index is 554. The lowest BCUT2D eigenvalue weighted by Crippen LogP contribution is -2.28. The quantitative estimate of drug-likeness (QED) is 0.738. The largest absolute Gasteiger partial charge is 0.480 e. The topological polar surface area (TPSA) is 109 Å². The normalized spacial score (nSPS) is 13.1. The minimum Gasteiger partial charge on any atom is -0.480 e. The molecule has 0 aromatic heterocycles. The summed E-state index contributed by atoms with van der Waals surface area (Å²) in [6.45, 7) is 3.35. The molecule has 1 aromatic carbocycles. The van der Waals surface area contributed by atoms with Gasteiger partial charge in [-0.25, -0.2) is 18.4 Å². The number of carboxylic acid groups (broad SMARTS) is 1. The van der Waals surface area contributed by atoms with Gasteiger partial charge in [0.1, 0.15) is 6.04 Å². The van der Waals surface area contributed by atoms with Crippen molar-refractivity contribution in [3.8, 4) is 0 Å². The molecule has 18 heavy (non-hydrogen) atoms. The van der Waals surface area contributed by atoms with E-state index in [1.54, 1.807) is 26.0 Å². The van der Waals surface area contributed by atoms with Crippen LogP contribution in [0.15, 0.2) is 23.1 Å². The maximum atomic E-state index is 11.3. The average molecular weight is 272 g/mol. The molecule has 0 aliphatic rings. The summed E-state index contributed by atoms with van der Waals surface area (Å²) in [5.74, 6) is -0.991. The number of benzene rings is 1. The van der Waals surface area contributed by atoms with Crippen molar-refractivity contribution in [1.82, 2.24) is 0 Å². The molecule has 0 fully saturated rings. The molecule has 1 unspecified atom stereocenters. The van der Waals surface area contributed by atoms with Gasteiger partial charge in [-0.15, -0.1) is 0 Å². The maximum Gasteiger partial charge on any atom is 0.326 e. The SMILES string of the molecule is CCC(Nc1ccc(C)c(S(N)(=O)=O)c1)C(=O)O. The highest BCUT2D eigenvalue weighted by molar-refractivity contribution is 7.89. The Morgan fingerprint density at radius 3 is 2.56 bits per heavy atom. The summed E-state index contributed by atoms with van der Waals surface area (Å²) in [6.07, 6.45) is 0.383. The van der Waals surface area contributed by atoms with E-state index < -0.39 is 22.0 Å². The van der Waals surface area contributed by atoms with Gasteiger partial charge in [-0.2, -0.15) is 0 Å². The molecule has 7 heteroatoms. The van der Waals surface area contributed by atoms with E-state index in [9.17, 15) is 13.2 Å². The van der Waals surface area contributed by atoms with Crippen LogP contribution in [0.3, 0.4) is 0 Å². The third-order valence-electron chi connectivity index (χ3n) is 2.54. The molecule has 0 amide bonds. The molecular formula is C11H16N2O4S. The first kappa shape index (κ1) is 14.5. The number of anilines is 1. The number of nitrogens with one attached hydrogen (secondary N) is 1. The number of nitrogens with two attached hydrogens (primary N) is 1. The number of aliphatic carboxylic acids is 1. The summed E-state index contributed by atoms with van der Waals surface area (Å²) < 4.78 is 22.7. The monoisotopic (exact) mass is 272 g/mol. The predicted molar refractivity (Wildman–Crippen MR) is 67.9 cm³/mol. The van der Waals surface area contributed by atoms with Crippen LogP contribution in [0, 0.1) is 6.92 Å². The fraction of sp³-hybridized carbons (Fsp3) is 0.364. The number of aryl methyl sites for hydroxylation is 1. The van der Waals surface area contributed by atoms with Gasteiger partial charge in [-0.3, -0.25) is 0 Å². The Labute approximate surface area is 106 Å². The van der Waals surface area contributed by atoms with E-state index in [2.05, 4.69) is 5.32 Å². The zero-order chi connectivity index (χ0) is 13.9. The molecule has 1 atom stereocenters. The standard InChI is InChI=1S/C11H16N2O4S/c1-3-9(11(14)15)13-8-5-4-7(2)10(6-8)18(12,16)17/h4-6,9,13H,3H2,1-2H3,(H,14,15)(H2,12,16,17). The van der Waals surface area contributed by atoms with Gasteiger partial charge in [0.2, 0.25) is 10.0 Å². The van der Waals surface area contributed by atoms with Crippen LogP contribution in [-0.2, 0) is 14.8 Å². The molecule has 100 valence electrons. The summed E-state index contributed by atoms with van der Waals surface area (Å²) in [7, 11) is -3.81. The smallest absolute Gasteiger partial charge is 0.326 e. The number of rotatable bonds is 5. The van der Waals surface area contributed by atoms with Crippen LogP contribution in [0.5, 0.6) is 0 Å². The first-order valence-electron chi connectivity index (χ1n) is 5.38. The van der Waals surface area contributed by atoms with Crippen LogP contribution >= 0.6 is 0 Å². The van der Waals surface area contributed by atoms with Gasteiger partial charge < -0.3 is 10.4 Å². The number of primary sulfonamides is 1. The van der Waals surface area contributed by atoms with Gasteiger partial charge in [0, 0.05) is 5.69 Å². The van der Waals surface area contributed by atoms with E-state index in [0.717, 1.165) is 0 Å². The molecule has 0 heterocycles. The fourth-order valence-electron chi connectivity index (χ4n) is 1.54. The second-order valence-electron chi connectivity index (χ2n) is 3.97. The van der Waals surface area contributed by atoms with Crippen molar-refractivity contribution in [2.75, 3.05) is 5.32 Å². The maximum absolute atomic E-state index is 11.3. The zero-order valence-electron chi connectivity index (χ0n) is 10.2. The molecule has 1 aromatic rings. The lowest BCUT2D eigenvalue weighted by Gasteiger charge is -2.15. The first-order valence-corrected chi connectivity index (χ1v) is 6.93. The van der Waals surface area contributed by atoms with E-state index in [0.29, 0.717) is 17.7 Å². The van der Waals surface area contributed by atoms with Crippen molar-refractivity contribution in [3.63, 3.8) is 0 Å². The molecule has 0 radical (unpaired) electrons. The summed E-state index contributed by atoms with van der Waals surface area (Å²) in [4.78, 5) is 10.9. The Hall–Kier alpha value is -1.60. The highest BCUT2D eigenvalue weighted by atomic mass is 32.2. The third kappa shape index (κ3) is 3.44. The fourth-order valence-corrected chi connectivity index (χ4v) is 2.34. The third-order valence-corrected chi connectivity index (χ3v) is 3.59. The van der Waals surface area contributed by atoms with Crippen LogP contribution in [-0.4, -0.2) is 25.5 Å². The van der Waals surface area contributed by atoms with Crippen molar-refractivity contribution >= 4 is 21.7 Å². The number of carboxylic acids is 1. The van der Waals surface area contributed by atoms with Crippen LogP contribution in [0.4, 0.5) is 5.69 Å². The second-order valence-corrected chi connectivity index (χ2v) is 5.50. The number of hydrogen-bond acceptors (Lipinski definition) is 4. The van der Waals surface area contributed by atoms with E-state index >= 15 is 0 Å². The van der Waals surface area contributed by atoms with Gasteiger partial charge >= 0.3 is 5.97 Å². The molecule has 0 saturated carbocycles. The molecule has 1 rings (SSSR count). The minimum atomic E-state index is -3.81. The Morgan fingerprint density at radius 1 is 1.50 bits per heavy atom. The second kappa shape index (κ2) is 5.36.